The van der Waals surface area contributed by atoms with Gasteiger partial charge in [-0.3, -0.25) is 4.79 Å². The second kappa shape index (κ2) is 5.73. The van der Waals surface area contributed by atoms with Gasteiger partial charge < -0.3 is 9.52 Å². The van der Waals surface area contributed by atoms with E-state index in [1.165, 1.54) is 12.3 Å². The van der Waals surface area contributed by atoms with Crippen LogP contribution in [0.1, 0.15) is 25.0 Å². The van der Waals surface area contributed by atoms with Gasteiger partial charge in [0.25, 0.3) is 0 Å². The highest BCUT2D eigenvalue weighted by Gasteiger charge is 2.14. The van der Waals surface area contributed by atoms with Crippen molar-refractivity contribution in [2.24, 2.45) is 0 Å². The molecular formula is C18H15FO3. The number of halogens is 1. The van der Waals surface area contributed by atoms with Crippen LogP contribution in [0.4, 0.5) is 4.39 Å². The van der Waals surface area contributed by atoms with Gasteiger partial charge >= 0.3 is 0 Å². The summed E-state index contributed by atoms with van der Waals surface area (Å²) in [6, 6.07) is 11.0. The second-order valence-electron chi connectivity index (χ2n) is 5.14. The van der Waals surface area contributed by atoms with E-state index in [1.54, 1.807) is 36.4 Å². The maximum atomic E-state index is 13.9. The fourth-order valence-corrected chi connectivity index (χ4v) is 2.45. The molecule has 0 aliphatic carbocycles. The molecular weight excluding hydrogens is 283 g/mol. The predicted octanol–water partition coefficient (Wildman–Crippen LogP) is 4.04. The lowest BCUT2D eigenvalue weighted by atomic mass is 10.0. The molecule has 112 valence electrons. The molecule has 1 N–H and O–H groups in total. The van der Waals surface area contributed by atoms with E-state index in [9.17, 15) is 14.3 Å². The standard InChI is InChI=1S/C18H15FO3/c1-2-16(20)11-7-8-13-17(9-11)22-10-14(18(13)21)12-5-3-4-6-15(12)19/h3-10,16,20H,2H2,1H3/t16-/m0/s1. The van der Waals surface area contributed by atoms with Gasteiger partial charge in [0.2, 0.25) is 5.43 Å². The normalized spacial score (nSPS) is 12.5. The van der Waals surface area contributed by atoms with Crippen LogP contribution >= 0.6 is 0 Å². The van der Waals surface area contributed by atoms with E-state index in [4.69, 9.17) is 4.42 Å². The van der Waals surface area contributed by atoms with Crippen molar-refractivity contribution in [3.63, 3.8) is 0 Å². The van der Waals surface area contributed by atoms with Crippen LogP contribution in [0, 0.1) is 5.82 Å². The van der Waals surface area contributed by atoms with Crippen molar-refractivity contribution in [2.45, 2.75) is 19.4 Å². The van der Waals surface area contributed by atoms with Gasteiger partial charge in [0.05, 0.1) is 17.1 Å². The third-order valence-corrected chi connectivity index (χ3v) is 3.73. The van der Waals surface area contributed by atoms with Gasteiger partial charge in [-0.05, 0) is 30.2 Å². The van der Waals surface area contributed by atoms with E-state index >= 15 is 0 Å². The summed E-state index contributed by atoms with van der Waals surface area (Å²) in [5.41, 5.74) is 1.20. The molecule has 0 unspecified atom stereocenters. The molecule has 3 rings (SSSR count). The Hall–Kier alpha value is -2.46. The van der Waals surface area contributed by atoms with E-state index in [2.05, 4.69) is 0 Å². The summed E-state index contributed by atoms with van der Waals surface area (Å²) in [6.07, 6.45) is 1.25. The summed E-state index contributed by atoms with van der Waals surface area (Å²) in [5, 5.41) is 10.2. The number of hydrogen-bond acceptors (Lipinski definition) is 3. The van der Waals surface area contributed by atoms with Crippen LogP contribution in [0.3, 0.4) is 0 Å². The number of fused-ring (bicyclic) bond motifs is 1. The van der Waals surface area contributed by atoms with E-state index in [-0.39, 0.29) is 16.6 Å². The zero-order chi connectivity index (χ0) is 15.7. The highest BCUT2D eigenvalue weighted by atomic mass is 19.1. The van der Waals surface area contributed by atoms with Gasteiger partial charge in [0.15, 0.2) is 0 Å². The molecule has 3 aromatic rings. The number of hydrogen-bond donors (Lipinski definition) is 1. The number of rotatable bonds is 3. The summed E-state index contributed by atoms with van der Waals surface area (Å²) in [7, 11) is 0. The summed E-state index contributed by atoms with van der Waals surface area (Å²) in [6.45, 7) is 1.87. The summed E-state index contributed by atoms with van der Waals surface area (Å²) in [4.78, 5) is 12.5. The average Bonchev–Trinajstić information content (AvgIpc) is 2.55. The lowest BCUT2D eigenvalue weighted by molar-refractivity contribution is 0.173. The SMILES string of the molecule is CC[C@H](O)c1ccc2c(=O)c(-c3ccccc3F)coc2c1. The summed E-state index contributed by atoms with van der Waals surface area (Å²) < 4.78 is 19.3. The molecule has 0 aliphatic heterocycles. The molecule has 0 bridgehead atoms. The van der Waals surface area contributed by atoms with Crippen molar-refractivity contribution >= 4 is 11.0 Å². The lowest BCUT2D eigenvalue weighted by Gasteiger charge is -2.09. The lowest BCUT2D eigenvalue weighted by Crippen LogP contribution is -2.06. The first-order valence-corrected chi connectivity index (χ1v) is 7.10. The molecule has 0 saturated carbocycles. The zero-order valence-electron chi connectivity index (χ0n) is 12.0. The molecule has 0 spiro atoms. The van der Waals surface area contributed by atoms with Crippen molar-refractivity contribution in [3.05, 3.63) is 70.3 Å². The minimum atomic E-state index is -0.596. The number of benzene rings is 2. The van der Waals surface area contributed by atoms with Crippen molar-refractivity contribution in [1.29, 1.82) is 0 Å². The first kappa shape index (κ1) is 14.5. The molecule has 4 heteroatoms. The Bertz CT molecular complexity index is 883. The quantitative estimate of drug-likeness (QED) is 0.794. The molecule has 3 nitrogen and oxygen atoms in total. The average molecular weight is 298 g/mol. The highest BCUT2D eigenvalue weighted by molar-refractivity contribution is 5.82. The maximum Gasteiger partial charge on any atom is 0.200 e. The van der Waals surface area contributed by atoms with E-state index in [1.807, 2.05) is 6.92 Å². The Balaban J connectivity index is 2.19. The van der Waals surface area contributed by atoms with Crippen LogP contribution < -0.4 is 5.43 Å². The van der Waals surface area contributed by atoms with Crippen molar-refractivity contribution < 1.29 is 13.9 Å². The third kappa shape index (κ3) is 2.42. The molecule has 0 fully saturated rings. The predicted molar refractivity (Wildman–Crippen MR) is 83.1 cm³/mol. The van der Waals surface area contributed by atoms with Crippen molar-refractivity contribution in [1.82, 2.24) is 0 Å². The van der Waals surface area contributed by atoms with Crippen LogP contribution in [0.25, 0.3) is 22.1 Å². The Morgan fingerprint density at radius 3 is 2.68 bits per heavy atom. The summed E-state index contributed by atoms with van der Waals surface area (Å²) >= 11 is 0. The van der Waals surface area contributed by atoms with Crippen LogP contribution in [0.5, 0.6) is 0 Å². The molecule has 2 aromatic carbocycles. The molecule has 0 saturated heterocycles. The topological polar surface area (TPSA) is 50.4 Å². The fraction of sp³-hybridized carbons (Fsp3) is 0.167. The van der Waals surface area contributed by atoms with E-state index in [0.29, 0.717) is 23.0 Å². The third-order valence-electron chi connectivity index (χ3n) is 3.73. The van der Waals surface area contributed by atoms with Crippen molar-refractivity contribution in [2.75, 3.05) is 0 Å². The molecule has 1 atom stereocenters. The van der Waals surface area contributed by atoms with Crippen molar-refractivity contribution in [3.8, 4) is 11.1 Å². The zero-order valence-corrected chi connectivity index (χ0v) is 12.0. The number of aliphatic hydroxyl groups is 1. The molecule has 1 heterocycles. The Labute approximate surface area is 126 Å². The molecule has 0 amide bonds. The smallest absolute Gasteiger partial charge is 0.200 e. The molecule has 1 aromatic heterocycles. The second-order valence-corrected chi connectivity index (χ2v) is 5.14. The Morgan fingerprint density at radius 1 is 1.18 bits per heavy atom. The minimum absolute atomic E-state index is 0.189. The maximum absolute atomic E-state index is 13.9. The van der Waals surface area contributed by atoms with Crippen LogP contribution in [-0.2, 0) is 0 Å². The Kier molecular flexibility index (Phi) is 3.77. The molecule has 0 radical (unpaired) electrons. The van der Waals surface area contributed by atoms with Crippen LogP contribution in [0.15, 0.2) is 57.9 Å². The van der Waals surface area contributed by atoms with Gasteiger partial charge in [-0.15, -0.1) is 0 Å². The first-order chi connectivity index (χ1) is 10.6. The molecule has 0 aliphatic rings. The molecule has 22 heavy (non-hydrogen) atoms. The monoisotopic (exact) mass is 298 g/mol. The Morgan fingerprint density at radius 2 is 1.95 bits per heavy atom. The van der Waals surface area contributed by atoms with Gasteiger partial charge in [0, 0.05) is 5.56 Å². The number of aliphatic hydroxyl groups excluding tert-OH is 1. The highest BCUT2D eigenvalue weighted by Crippen LogP contribution is 2.25. The van der Waals surface area contributed by atoms with Gasteiger partial charge in [-0.25, -0.2) is 4.39 Å². The summed E-state index contributed by atoms with van der Waals surface area (Å²) in [5.74, 6) is -0.466. The van der Waals surface area contributed by atoms with E-state index in [0.717, 1.165) is 0 Å². The fourth-order valence-electron chi connectivity index (χ4n) is 2.45. The largest absolute Gasteiger partial charge is 0.463 e. The first-order valence-electron chi connectivity index (χ1n) is 7.10. The van der Waals surface area contributed by atoms with Gasteiger partial charge in [-0.2, -0.15) is 0 Å². The van der Waals surface area contributed by atoms with E-state index < -0.39 is 11.9 Å². The van der Waals surface area contributed by atoms with Crippen LogP contribution in [-0.4, -0.2) is 5.11 Å². The van der Waals surface area contributed by atoms with Gasteiger partial charge in [0.1, 0.15) is 17.7 Å². The van der Waals surface area contributed by atoms with Crippen LogP contribution in [0.2, 0.25) is 0 Å². The minimum Gasteiger partial charge on any atom is -0.463 e. The van der Waals surface area contributed by atoms with Gasteiger partial charge in [-0.1, -0.05) is 31.2 Å².